The number of rotatable bonds is 7. The third-order valence-electron chi connectivity index (χ3n) is 6.25. The van der Waals surface area contributed by atoms with Gasteiger partial charge in [0.05, 0.1) is 12.2 Å². The number of anilines is 1. The second-order valence-electron chi connectivity index (χ2n) is 8.87. The molecular weight excluding hydrogens is 468 g/mol. The fraction of sp³-hybridized carbons (Fsp3) is 0.207. The summed E-state index contributed by atoms with van der Waals surface area (Å²) in [5.74, 6) is -0.108. The van der Waals surface area contributed by atoms with Gasteiger partial charge in [-0.1, -0.05) is 78.9 Å². The van der Waals surface area contributed by atoms with Crippen LogP contribution in [0.5, 0.6) is 0 Å². The largest absolute Gasteiger partial charge is 0.348 e. The molecule has 0 saturated carbocycles. The van der Waals surface area contributed by atoms with Crippen LogP contribution in [0.25, 0.3) is 21.8 Å². The summed E-state index contributed by atoms with van der Waals surface area (Å²) in [6, 6.07) is 29.4. The SMILES string of the molecule is O=C(CN1CCC(NC(=O)c2sc(-c3ccccc3)nc2-c2ccccc2)CC1)Nc1ccccc1. The van der Waals surface area contributed by atoms with Crippen LogP contribution < -0.4 is 10.6 Å². The van der Waals surface area contributed by atoms with E-state index < -0.39 is 0 Å². The second-order valence-corrected chi connectivity index (χ2v) is 9.87. The average Bonchev–Trinajstić information content (AvgIpc) is 3.37. The van der Waals surface area contributed by atoms with E-state index in [-0.39, 0.29) is 17.9 Å². The first-order valence-corrected chi connectivity index (χ1v) is 13.0. The standard InChI is InChI=1S/C29H28N4O2S/c34-25(30-23-14-8-3-9-15-23)20-33-18-16-24(17-19-33)31-28(35)27-26(21-10-4-1-5-11-21)32-29(36-27)22-12-6-2-7-13-22/h1-15,24H,16-20H2,(H,30,34)(H,31,35). The van der Waals surface area contributed by atoms with E-state index in [0.717, 1.165) is 47.8 Å². The maximum absolute atomic E-state index is 13.4. The maximum atomic E-state index is 13.4. The zero-order valence-corrected chi connectivity index (χ0v) is 20.7. The molecular formula is C29H28N4O2S. The Morgan fingerprint density at radius 2 is 1.42 bits per heavy atom. The molecule has 36 heavy (non-hydrogen) atoms. The highest BCUT2D eigenvalue weighted by Crippen LogP contribution is 2.34. The van der Waals surface area contributed by atoms with Crippen LogP contribution in [0.2, 0.25) is 0 Å². The number of amides is 2. The lowest BCUT2D eigenvalue weighted by Gasteiger charge is -2.31. The maximum Gasteiger partial charge on any atom is 0.263 e. The summed E-state index contributed by atoms with van der Waals surface area (Å²) in [5.41, 5.74) is 3.45. The molecule has 3 aromatic carbocycles. The van der Waals surface area contributed by atoms with Crippen LogP contribution in [0.4, 0.5) is 5.69 Å². The molecule has 1 aliphatic heterocycles. The normalized spacial score (nSPS) is 14.3. The summed E-state index contributed by atoms with van der Waals surface area (Å²) in [6.07, 6.45) is 1.60. The van der Waals surface area contributed by atoms with Crippen LogP contribution in [0.1, 0.15) is 22.5 Å². The quantitative estimate of drug-likeness (QED) is 0.364. The molecule has 1 aliphatic rings. The number of hydrogen-bond acceptors (Lipinski definition) is 5. The van der Waals surface area contributed by atoms with Gasteiger partial charge in [-0.15, -0.1) is 11.3 Å². The lowest BCUT2D eigenvalue weighted by Crippen LogP contribution is -2.46. The highest BCUT2D eigenvalue weighted by Gasteiger charge is 2.26. The zero-order chi connectivity index (χ0) is 24.7. The first-order valence-electron chi connectivity index (χ1n) is 12.2. The van der Waals surface area contributed by atoms with Crippen LogP contribution >= 0.6 is 11.3 Å². The Balaban J connectivity index is 1.22. The molecule has 0 aliphatic carbocycles. The van der Waals surface area contributed by atoms with Gasteiger partial charge >= 0.3 is 0 Å². The summed E-state index contributed by atoms with van der Waals surface area (Å²) in [5, 5.41) is 7.00. The predicted octanol–water partition coefficient (Wildman–Crippen LogP) is 5.31. The van der Waals surface area contributed by atoms with Crippen LogP contribution in [0.3, 0.4) is 0 Å². The Kier molecular flexibility index (Phi) is 7.50. The van der Waals surface area contributed by atoms with Crippen molar-refractivity contribution in [3.8, 4) is 21.8 Å². The van der Waals surface area contributed by atoms with Gasteiger partial charge in [-0.2, -0.15) is 0 Å². The molecule has 2 amide bonds. The minimum atomic E-state index is -0.0891. The van der Waals surface area contributed by atoms with Gasteiger partial charge in [-0.3, -0.25) is 14.5 Å². The number of hydrogen-bond donors (Lipinski definition) is 2. The smallest absolute Gasteiger partial charge is 0.263 e. The molecule has 5 rings (SSSR count). The zero-order valence-electron chi connectivity index (χ0n) is 19.9. The molecule has 0 spiro atoms. The van der Waals surface area contributed by atoms with Gasteiger partial charge in [0.1, 0.15) is 9.88 Å². The number of thiazole rings is 1. The molecule has 0 atom stereocenters. The molecule has 2 heterocycles. The number of carbonyl (C=O) groups excluding carboxylic acids is 2. The first-order chi connectivity index (χ1) is 17.7. The van der Waals surface area contributed by atoms with Gasteiger partial charge in [0.25, 0.3) is 5.91 Å². The van der Waals surface area contributed by atoms with E-state index in [2.05, 4.69) is 15.5 Å². The minimum absolute atomic E-state index is 0.0192. The molecule has 2 N–H and O–H groups in total. The summed E-state index contributed by atoms with van der Waals surface area (Å²) >= 11 is 1.43. The topological polar surface area (TPSA) is 74.3 Å². The van der Waals surface area contributed by atoms with E-state index in [4.69, 9.17) is 4.98 Å². The molecule has 6 nitrogen and oxygen atoms in total. The van der Waals surface area contributed by atoms with E-state index >= 15 is 0 Å². The number of nitrogens with zero attached hydrogens (tertiary/aromatic N) is 2. The van der Waals surface area contributed by atoms with Gasteiger partial charge in [0.15, 0.2) is 0 Å². The van der Waals surface area contributed by atoms with E-state index in [1.807, 2.05) is 91.0 Å². The van der Waals surface area contributed by atoms with Crippen LogP contribution in [0, 0.1) is 0 Å². The van der Waals surface area contributed by atoms with Crippen LogP contribution in [0.15, 0.2) is 91.0 Å². The summed E-state index contributed by atoms with van der Waals surface area (Å²) in [4.78, 5) is 33.4. The van der Waals surface area contributed by atoms with Crippen molar-refractivity contribution >= 4 is 28.8 Å². The van der Waals surface area contributed by atoms with Crippen molar-refractivity contribution in [2.24, 2.45) is 0 Å². The van der Waals surface area contributed by atoms with Crippen molar-refractivity contribution in [2.45, 2.75) is 18.9 Å². The molecule has 0 radical (unpaired) electrons. The minimum Gasteiger partial charge on any atom is -0.348 e. The average molecular weight is 497 g/mol. The third-order valence-corrected chi connectivity index (χ3v) is 7.35. The summed E-state index contributed by atoms with van der Waals surface area (Å²) in [7, 11) is 0. The van der Waals surface area contributed by atoms with E-state index in [9.17, 15) is 9.59 Å². The molecule has 1 aromatic heterocycles. The van der Waals surface area contributed by atoms with Gasteiger partial charge in [0.2, 0.25) is 5.91 Å². The molecule has 182 valence electrons. The lowest BCUT2D eigenvalue weighted by molar-refractivity contribution is -0.117. The Hall–Kier alpha value is -3.81. The monoisotopic (exact) mass is 496 g/mol. The summed E-state index contributed by atoms with van der Waals surface area (Å²) in [6.45, 7) is 1.87. The number of likely N-dealkylation sites (tertiary alicyclic amines) is 1. The highest BCUT2D eigenvalue weighted by atomic mass is 32.1. The lowest BCUT2D eigenvalue weighted by atomic mass is 10.0. The second kappa shape index (κ2) is 11.3. The number of aromatic nitrogens is 1. The van der Waals surface area contributed by atoms with Crippen molar-refractivity contribution in [3.63, 3.8) is 0 Å². The van der Waals surface area contributed by atoms with Gasteiger partial charge < -0.3 is 10.6 Å². The molecule has 0 unspecified atom stereocenters. The Bertz CT molecular complexity index is 1300. The predicted molar refractivity (Wildman–Crippen MR) is 145 cm³/mol. The number of para-hydroxylation sites is 1. The molecule has 1 fully saturated rings. The highest BCUT2D eigenvalue weighted by molar-refractivity contribution is 7.17. The first kappa shape index (κ1) is 23.9. The van der Waals surface area contributed by atoms with Crippen molar-refractivity contribution < 1.29 is 9.59 Å². The van der Waals surface area contributed by atoms with Crippen molar-refractivity contribution in [2.75, 3.05) is 25.0 Å². The Morgan fingerprint density at radius 1 is 0.833 bits per heavy atom. The number of benzene rings is 3. The number of carbonyl (C=O) groups is 2. The fourth-order valence-corrected chi connectivity index (χ4v) is 5.38. The number of nitrogens with one attached hydrogen (secondary N) is 2. The number of piperidine rings is 1. The molecule has 1 saturated heterocycles. The Morgan fingerprint density at radius 3 is 2.06 bits per heavy atom. The van der Waals surface area contributed by atoms with Crippen LogP contribution in [-0.2, 0) is 4.79 Å². The van der Waals surface area contributed by atoms with Gasteiger partial charge in [-0.25, -0.2) is 4.98 Å². The third kappa shape index (κ3) is 5.87. The Labute approximate surface area is 215 Å². The van der Waals surface area contributed by atoms with Crippen molar-refractivity contribution in [1.29, 1.82) is 0 Å². The van der Waals surface area contributed by atoms with Gasteiger partial charge in [0, 0.05) is 35.9 Å². The summed E-state index contributed by atoms with van der Waals surface area (Å²) < 4.78 is 0. The molecule has 4 aromatic rings. The fourth-order valence-electron chi connectivity index (χ4n) is 4.38. The van der Waals surface area contributed by atoms with E-state index in [0.29, 0.717) is 17.1 Å². The van der Waals surface area contributed by atoms with Crippen molar-refractivity contribution in [1.82, 2.24) is 15.2 Å². The van der Waals surface area contributed by atoms with Crippen LogP contribution in [-0.4, -0.2) is 47.4 Å². The van der Waals surface area contributed by atoms with Gasteiger partial charge in [-0.05, 0) is 25.0 Å². The molecule has 7 heteroatoms. The van der Waals surface area contributed by atoms with E-state index in [1.54, 1.807) is 0 Å². The van der Waals surface area contributed by atoms with E-state index in [1.165, 1.54) is 11.3 Å². The van der Waals surface area contributed by atoms with Crippen molar-refractivity contribution in [3.05, 3.63) is 95.9 Å². The molecule has 0 bridgehead atoms.